The van der Waals surface area contributed by atoms with Gasteiger partial charge in [-0.25, -0.2) is 8.78 Å². The van der Waals surface area contributed by atoms with Gasteiger partial charge in [-0.05, 0) is 11.6 Å². The molecule has 0 spiro atoms. The summed E-state index contributed by atoms with van der Waals surface area (Å²) in [6.45, 7) is 0. The van der Waals surface area contributed by atoms with Crippen LogP contribution in [0.15, 0.2) is 18.2 Å². The maximum Gasteiger partial charge on any atom is 0.320 e. The maximum absolute atomic E-state index is 13.2. The molecule has 1 saturated carbocycles. The Morgan fingerprint density at radius 1 is 1.44 bits per heavy atom. The van der Waals surface area contributed by atoms with E-state index in [2.05, 4.69) is 0 Å². The first-order valence-corrected chi connectivity index (χ1v) is 4.78. The van der Waals surface area contributed by atoms with Crippen LogP contribution in [0.4, 0.5) is 18.9 Å². The predicted octanol–water partition coefficient (Wildman–Crippen LogP) is 2.10. The highest BCUT2D eigenvalue weighted by Gasteiger charge is 2.77. The van der Waals surface area contributed by atoms with Gasteiger partial charge in [0.1, 0.15) is 0 Å². The third kappa shape index (κ3) is 1.45. The fourth-order valence-corrected chi connectivity index (χ4v) is 1.88. The highest BCUT2D eigenvalue weighted by molar-refractivity contribution is 5.88. The first-order valence-electron chi connectivity index (χ1n) is 4.78. The number of rotatable bonds is 3. The van der Waals surface area contributed by atoms with Crippen molar-refractivity contribution in [2.45, 2.75) is 17.8 Å². The summed E-state index contributed by atoms with van der Waals surface area (Å²) in [7, 11) is 0. The predicted molar refractivity (Wildman–Crippen MR) is 51.9 cm³/mol. The molecule has 8 heteroatoms. The van der Waals surface area contributed by atoms with Gasteiger partial charge in [-0.15, -0.1) is 0 Å². The van der Waals surface area contributed by atoms with Crippen LogP contribution in [0.1, 0.15) is 12.0 Å². The van der Waals surface area contributed by atoms with Gasteiger partial charge in [-0.2, -0.15) is 4.39 Å². The number of hydrogen-bond acceptors (Lipinski definition) is 3. The topological polar surface area (TPSA) is 80.4 Å². The van der Waals surface area contributed by atoms with Gasteiger partial charge in [0.2, 0.25) is 5.82 Å². The van der Waals surface area contributed by atoms with Crippen LogP contribution < -0.4 is 0 Å². The van der Waals surface area contributed by atoms with Crippen molar-refractivity contribution < 1.29 is 28.0 Å². The van der Waals surface area contributed by atoms with Crippen LogP contribution in [-0.2, 0) is 10.2 Å². The van der Waals surface area contributed by atoms with Crippen molar-refractivity contribution in [2.75, 3.05) is 0 Å². The molecule has 0 aromatic heterocycles. The molecule has 1 aromatic rings. The van der Waals surface area contributed by atoms with E-state index in [-0.39, 0.29) is 0 Å². The number of benzene rings is 1. The maximum atomic E-state index is 13.2. The van der Waals surface area contributed by atoms with Crippen molar-refractivity contribution in [3.8, 4) is 0 Å². The Bertz CT molecular complexity index is 560. The zero-order chi connectivity index (χ0) is 13.7. The number of carboxylic acid groups (broad SMARTS) is 1. The van der Waals surface area contributed by atoms with Crippen LogP contribution in [0, 0.1) is 15.9 Å². The van der Waals surface area contributed by atoms with E-state index in [1.807, 2.05) is 0 Å². The second-order valence-corrected chi connectivity index (χ2v) is 4.02. The fourth-order valence-electron chi connectivity index (χ4n) is 1.88. The van der Waals surface area contributed by atoms with E-state index in [1.165, 1.54) is 0 Å². The number of carbonyl (C=O) groups is 1. The smallest absolute Gasteiger partial charge is 0.320 e. The molecule has 18 heavy (non-hydrogen) atoms. The molecule has 0 saturated heterocycles. The second kappa shape index (κ2) is 3.44. The van der Waals surface area contributed by atoms with Gasteiger partial charge in [0, 0.05) is 12.5 Å². The number of carboxylic acids is 1. The number of nitro benzene ring substituents is 1. The molecule has 0 aliphatic heterocycles. The molecule has 1 atom stereocenters. The van der Waals surface area contributed by atoms with E-state index in [0.29, 0.717) is 12.1 Å². The molecule has 1 unspecified atom stereocenters. The average Bonchev–Trinajstić information content (AvgIpc) is 2.83. The number of alkyl halides is 2. The monoisotopic (exact) mass is 261 g/mol. The molecule has 1 fully saturated rings. The average molecular weight is 261 g/mol. The number of nitro groups is 1. The summed E-state index contributed by atoms with van der Waals surface area (Å²) in [5.74, 6) is -6.47. The zero-order valence-electron chi connectivity index (χ0n) is 8.69. The van der Waals surface area contributed by atoms with E-state index in [1.54, 1.807) is 0 Å². The summed E-state index contributed by atoms with van der Waals surface area (Å²) in [4.78, 5) is 20.3. The fraction of sp³-hybridized carbons (Fsp3) is 0.300. The molecule has 1 aliphatic rings. The van der Waals surface area contributed by atoms with Crippen molar-refractivity contribution in [1.82, 2.24) is 0 Å². The Hall–Kier alpha value is -2.12. The standard InChI is InChI=1S/C10H6F3NO4/c11-6-2-1-5(3-7(6)14(17)18)9(8(15)16)4-10(9,12)13/h1-3H,4H2,(H,15,16). The Kier molecular flexibility index (Phi) is 2.36. The molecular weight excluding hydrogens is 255 g/mol. The summed E-state index contributed by atoms with van der Waals surface area (Å²) in [6.07, 6.45) is -0.946. The van der Waals surface area contributed by atoms with Crippen LogP contribution in [0.3, 0.4) is 0 Å². The summed E-state index contributed by atoms with van der Waals surface area (Å²) in [6, 6.07) is 1.99. The number of aliphatic carboxylic acids is 1. The summed E-state index contributed by atoms with van der Waals surface area (Å²) in [5.41, 5.74) is -3.96. The third-order valence-corrected chi connectivity index (χ3v) is 2.99. The van der Waals surface area contributed by atoms with Crippen LogP contribution in [0.5, 0.6) is 0 Å². The van der Waals surface area contributed by atoms with Crippen molar-refractivity contribution in [3.05, 3.63) is 39.7 Å². The quantitative estimate of drug-likeness (QED) is 0.667. The van der Waals surface area contributed by atoms with Crippen LogP contribution in [0.25, 0.3) is 0 Å². The van der Waals surface area contributed by atoms with Gasteiger partial charge in [0.15, 0.2) is 5.41 Å². The second-order valence-electron chi connectivity index (χ2n) is 4.02. The zero-order valence-corrected chi connectivity index (χ0v) is 8.69. The molecule has 96 valence electrons. The summed E-state index contributed by atoms with van der Waals surface area (Å²) >= 11 is 0. The van der Waals surface area contributed by atoms with Crippen LogP contribution in [0.2, 0.25) is 0 Å². The summed E-state index contributed by atoms with van der Waals surface area (Å²) in [5, 5.41) is 19.3. The Balaban J connectivity index is 2.56. The van der Waals surface area contributed by atoms with E-state index in [9.17, 15) is 28.1 Å². The highest BCUT2D eigenvalue weighted by Crippen LogP contribution is 2.62. The Morgan fingerprint density at radius 3 is 2.39 bits per heavy atom. The number of nitrogens with zero attached hydrogens (tertiary/aromatic N) is 1. The van der Waals surface area contributed by atoms with E-state index < -0.39 is 45.7 Å². The van der Waals surface area contributed by atoms with Crippen molar-refractivity contribution >= 4 is 11.7 Å². The third-order valence-electron chi connectivity index (χ3n) is 2.99. The van der Waals surface area contributed by atoms with Gasteiger partial charge in [0.05, 0.1) is 4.92 Å². The first-order chi connectivity index (χ1) is 8.22. The molecule has 1 aromatic carbocycles. The summed E-state index contributed by atoms with van der Waals surface area (Å²) < 4.78 is 39.4. The SMILES string of the molecule is O=C(O)C1(c2ccc(F)c([N+](=O)[O-])c2)CC1(F)F. The van der Waals surface area contributed by atoms with E-state index >= 15 is 0 Å². The molecule has 0 bridgehead atoms. The van der Waals surface area contributed by atoms with E-state index in [0.717, 1.165) is 6.07 Å². The molecule has 1 aliphatic carbocycles. The molecule has 5 nitrogen and oxygen atoms in total. The molecular formula is C10H6F3NO4. The number of halogens is 3. The molecule has 2 rings (SSSR count). The lowest BCUT2D eigenvalue weighted by Gasteiger charge is -2.11. The van der Waals surface area contributed by atoms with Crippen molar-refractivity contribution in [2.24, 2.45) is 0 Å². The molecule has 1 N–H and O–H groups in total. The van der Waals surface area contributed by atoms with Gasteiger partial charge in [0.25, 0.3) is 5.92 Å². The molecule has 0 radical (unpaired) electrons. The van der Waals surface area contributed by atoms with Crippen molar-refractivity contribution in [1.29, 1.82) is 0 Å². The first kappa shape index (κ1) is 12.3. The van der Waals surface area contributed by atoms with E-state index in [4.69, 9.17) is 5.11 Å². The highest BCUT2D eigenvalue weighted by atomic mass is 19.3. The molecule has 0 heterocycles. The van der Waals surface area contributed by atoms with Gasteiger partial charge < -0.3 is 5.11 Å². The van der Waals surface area contributed by atoms with Crippen LogP contribution in [-0.4, -0.2) is 21.9 Å². The minimum Gasteiger partial charge on any atom is -0.480 e. The normalized spacial score (nSPS) is 24.6. The minimum absolute atomic E-state index is 0.465. The largest absolute Gasteiger partial charge is 0.480 e. The van der Waals surface area contributed by atoms with Gasteiger partial charge in [-0.3, -0.25) is 14.9 Å². The Labute approximate surface area is 98.0 Å². The number of hydrogen-bond donors (Lipinski definition) is 1. The van der Waals surface area contributed by atoms with Gasteiger partial charge >= 0.3 is 11.7 Å². The lowest BCUT2D eigenvalue weighted by atomic mass is 9.95. The lowest BCUT2D eigenvalue weighted by Crippen LogP contribution is -2.27. The minimum atomic E-state index is -3.48. The Morgan fingerprint density at radius 2 is 2.00 bits per heavy atom. The molecule has 0 amide bonds. The van der Waals surface area contributed by atoms with Crippen molar-refractivity contribution in [3.63, 3.8) is 0 Å². The van der Waals surface area contributed by atoms with Gasteiger partial charge in [-0.1, -0.05) is 6.07 Å². The van der Waals surface area contributed by atoms with Crippen LogP contribution >= 0.6 is 0 Å². The lowest BCUT2D eigenvalue weighted by molar-refractivity contribution is -0.387.